The van der Waals surface area contributed by atoms with Gasteiger partial charge >= 0.3 is 6.09 Å². The average Bonchev–Trinajstić information content (AvgIpc) is 2.79. The Hall–Kier alpha value is -3.20. The number of carboxylic acid groups (broad SMARTS) is 1. The van der Waals surface area contributed by atoms with Crippen molar-refractivity contribution in [2.24, 2.45) is 5.92 Å². The molecule has 176 valence electrons. The minimum Gasteiger partial charge on any atom is -0.474 e. The lowest BCUT2D eigenvalue weighted by atomic mass is 9.97. The molecule has 1 fully saturated rings. The molecule has 33 heavy (non-hydrogen) atoms. The number of carbonyl (C=O) groups is 2. The van der Waals surface area contributed by atoms with Crippen LogP contribution < -0.4 is 15.0 Å². The van der Waals surface area contributed by atoms with Gasteiger partial charge in [0, 0.05) is 6.54 Å². The zero-order valence-electron chi connectivity index (χ0n) is 18.9. The van der Waals surface area contributed by atoms with Crippen LogP contribution in [-0.2, 0) is 6.42 Å². The molecule has 8 nitrogen and oxygen atoms in total. The average molecular weight is 457 g/mol. The minimum absolute atomic E-state index is 0.128. The molecule has 2 aliphatic rings. The maximum Gasteiger partial charge on any atom is 0.412 e. The molecule has 0 bridgehead atoms. The molecule has 2 aromatic rings. The van der Waals surface area contributed by atoms with Crippen molar-refractivity contribution >= 4 is 17.7 Å². The number of fused-ring (bicyclic) bond motifs is 1. The second-order valence-electron chi connectivity index (χ2n) is 8.89. The molecule has 0 aliphatic carbocycles. The lowest BCUT2D eigenvalue weighted by Crippen LogP contribution is -2.45. The monoisotopic (exact) mass is 456 g/mol. The Kier molecular flexibility index (Phi) is 6.78. The van der Waals surface area contributed by atoms with Crippen LogP contribution in [0.25, 0.3) is 0 Å². The number of aromatic nitrogens is 1. The van der Waals surface area contributed by atoms with Crippen molar-refractivity contribution < 1.29 is 23.8 Å². The van der Waals surface area contributed by atoms with Crippen molar-refractivity contribution in [1.29, 1.82) is 0 Å². The molecule has 2 N–H and O–H groups in total. The number of amides is 2. The van der Waals surface area contributed by atoms with Crippen LogP contribution in [0.5, 0.6) is 5.88 Å². The molecule has 2 aliphatic heterocycles. The summed E-state index contributed by atoms with van der Waals surface area (Å²) in [6.07, 6.45) is 1.23. The number of carbonyl (C=O) groups excluding carboxylic acids is 1. The van der Waals surface area contributed by atoms with E-state index in [2.05, 4.69) is 22.2 Å². The number of hydrogen-bond acceptors (Lipinski definition) is 5. The van der Waals surface area contributed by atoms with Gasteiger partial charge in [0.25, 0.3) is 5.91 Å². The normalized spacial score (nSPS) is 19.0. The van der Waals surface area contributed by atoms with E-state index in [9.17, 15) is 19.1 Å². The Morgan fingerprint density at radius 2 is 1.94 bits per heavy atom. The predicted octanol–water partition coefficient (Wildman–Crippen LogP) is 3.15. The molecule has 1 unspecified atom stereocenters. The second-order valence-corrected chi connectivity index (χ2v) is 8.89. The van der Waals surface area contributed by atoms with E-state index in [-0.39, 0.29) is 35.9 Å². The molecule has 1 atom stereocenters. The molecule has 1 aromatic heterocycles. The fourth-order valence-electron chi connectivity index (χ4n) is 4.35. The van der Waals surface area contributed by atoms with Crippen LogP contribution in [0.1, 0.15) is 41.4 Å². The van der Waals surface area contributed by atoms with Gasteiger partial charge in [-0.1, -0.05) is 12.1 Å². The maximum atomic E-state index is 13.4. The van der Waals surface area contributed by atoms with E-state index in [0.29, 0.717) is 30.1 Å². The number of ether oxygens (including phenoxy) is 1. The Bertz CT molecular complexity index is 1020. The summed E-state index contributed by atoms with van der Waals surface area (Å²) >= 11 is 0. The highest BCUT2D eigenvalue weighted by Gasteiger charge is 2.32. The highest BCUT2D eigenvalue weighted by molar-refractivity contribution is 5.96. The summed E-state index contributed by atoms with van der Waals surface area (Å²) < 4.78 is 19.1. The molecule has 0 spiro atoms. The number of nitrogens with zero attached hydrogens (tertiary/aromatic N) is 3. The molecular formula is C24H29FN4O4. The van der Waals surface area contributed by atoms with Crippen LogP contribution in [0.3, 0.4) is 0 Å². The van der Waals surface area contributed by atoms with Gasteiger partial charge < -0.3 is 20.1 Å². The Morgan fingerprint density at radius 1 is 1.24 bits per heavy atom. The second kappa shape index (κ2) is 9.74. The van der Waals surface area contributed by atoms with Gasteiger partial charge in [-0.25, -0.2) is 14.2 Å². The Morgan fingerprint density at radius 3 is 2.61 bits per heavy atom. The largest absolute Gasteiger partial charge is 0.474 e. The number of hydrogen-bond donors (Lipinski definition) is 2. The highest BCUT2D eigenvalue weighted by atomic mass is 19.1. The fourth-order valence-corrected chi connectivity index (χ4v) is 4.35. The number of pyridine rings is 1. The first-order valence-corrected chi connectivity index (χ1v) is 11.2. The van der Waals surface area contributed by atoms with E-state index in [1.807, 2.05) is 0 Å². The molecular weight excluding hydrogens is 427 g/mol. The SMILES string of the molecule is CC1COc2nc(C(=O)NCC3CCN(C)CC3)c(Cc3ccc(F)cc3)cc2N1C(=O)O. The highest BCUT2D eigenvalue weighted by Crippen LogP contribution is 2.35. The van der Waals surface area contributed by atoms with Crippen molar-refractivity contribution in [1.82, 2.24) is 15.2 Å². The van der Waals surface area contributed by atoms with E-state index in [4.69, 9.17) is 4.74 Å². The number of likely N-dealkylation sites (tertiary alicyclic amines) is 1. The Balaban J connectivity index is 1.63. The molecule has 0 radical (unpaired) electrons. The van der Waals surface area contributed by atoms with E-state index < -0.39 is 6.09 Å². The van der Waals surface area contributed by atoms with Crippen molar-refractivity contribution in [3.05, 3.63) is 53.0 Å². The van der Waals surface area contributed by atoms with Gasteiger partial charge in [0.05, 0.1) is 6.04 Å². The molecule has 2 amide bonds. The van der Waals surface area contributed by atoms with Gasteiger partial charge in [0.15, 0.2) is 0 Å². The van der Waals surface area contributed by atoms with Crippen molar-refractivity contribution in [2.75, 3.05) is 38.2 Å². The summed E-state index contributed by atoms with van der Waals surface area (Å²) in [5.41, 5.74) is 1.86. The predicted molar refractivity (Wildman–Crippen MR) is 121 cm³/mol. The molecule has 1 aromatic carbocycles. The van der Waals surface area contributed by atoms with Crippen molar-refractivity contribution in [2.45, 2.75) is 32.2 Å². The van der Waals surface area contributed by atoms with E-state index in [1.54, 1.807) is 25.1 Å². The van der Waals surface area contributed by atoms with E-state index in [1.165, 1.54) is 17.0 Å². The first-order valence-electron chi connectivity index (χ1n) is 11.2. The smallest absolute Gasteiger partial charge is 0.412 e. The zero-order valence-corrected chi connectivity index (χ0v) is 18.9. The van der Waals surface area contributed by atoms with Crippen molar-refractivity contribution in [3.8, 4) is 5.88 Å². The number of benzene rings is 1. The molecule has 1 saturated heterocycles. The third-order valence-electron chi connectivity index (χ3n) is 6.33. The summed E-state index contributed by atoms with van der Waals surface area (Å²) in [6, 6.07) is 7.26. The van der Waals surface area contributed by atoms with E-state index >= 15 is 0 Å². The van der Waals surface area contributed by atoms with E-state index in [0.717, 1.165) is 31.5 Å². The van der Waals surface area contributed by atoms with Gasteiger partial charge in [-0.3, -0.25) is 9.69 Å². The quantitative estimate of drug-likeness (QED) is 0.718. The summed E-state index contributed by atoms with van der Waals surface area (Å²) in [5.74, 6) is -0.138. The minimum atomic E-state index is -1.11. The molecule has 4 rings (SSSR count). The third-order valence-corrected chi connectivity index (χ3v) is 6.33. The summed E-state index contributed by atoms with van der Waals surface area (Å²) in [6.45, 7) is 4.47. The maximum absolute atomic E-state index is 13.4. The number of rotatable bonds is 5. The molecule has 9 heteroatoms. The van der Waals surface area contributed by atoms with Gasteiger partial charge in [0.1, 0.15) is 23.8 Å². The summed E-state index contributed by atoms with van der Waals surface area (Å²) in [7, 11) is 2.09. The first-order chi connectivity index (χ1) is 15.8. The van der Waals surface area contributed by atoms with Crippen LogP contribution in [-0.4, -0.2) is 66.3 Å². The van der Waals surface area contributed by atoms with Gasteiger partial charge in [-0.15, -0.1) is 0 Å². The molecule has 0 saturated carbocycles. The lowest BCUT2D eigenvalue weighted by molar-refractivity contribution is 0.0931. The van der Waals surface area contributed by atoms with Crippen molar-refractivity contribution in [3.63, 3.8) is 0 Å². The molecule has 3 heterocycles. The summed E-state index contributed by atoms with van der Waals surface area (Å²) in [5, 5.41) is 12.7. The van der Waals surface area contributed by atoms with Crippen LogP contribution in [0.2, 0.25) is 0 Å². The van der Waals surface area contributed by atoms with Gasteiger partial charge in [-0.2, -0.15) is 0 Å². The zero-order chi connectivity index (χ0) is 23.5. The number of piperidine rings is 1. The van der Waals surface area contributed by atoms with Crippen LogP contribution in [0, 0.1) is 11.7 Å². The topological polar surface area (TPSA) is 95.0 Å². The van der Waals surface area contributed by atoms with Gasteiger partial charge in [-0.05, 0) is 81.6 Å². The number of anilines is 1. The first kappa shape index (κ1) is 23.0. The third kappa shape index (κ3) is 5.24. The van der Waals surface area contributed by atoms with Crippen LogP contribution in [0.15, 0.2) is 30.3 Å². The standard InChI is InChI=1S/C24H29FN4O4/c1-15-14-33-23-20(29(15)24(31)32)12-18(11-16-3-5-19(25)6-4-16)21(27-23)22(30)26-13-17-7-9-28(2)10-8-17/h3-6,12,15,17H,7-11,13-14H2,1-2H3,(H,26,30)(H,31,32). The number of nitrogens with one attached hydrogen (secondary N) is 1. The van der Waals surface area contributed by atoms with Crippen LogP contribution in [0.4, 0.5) is 14.9 Å². The fraction of sp³-hybridized carbons (Fsp3) is 0.458. The van der Waals surface area contributed by atoms with Crippen LogP contribution >= 0.6 is 0 Å². The Labute approximate surface area is 192 Å². The summed E-state index contributed by atoms with van der Waals surface area (Å²) in [4.78, 5) is 33.0. The number of halogens is 1. The van der Waals surface area contributed by atoms with Gasteiger partial charge in [0.2, 0.25) is 5.88 Å². The lowest BCUT2D eigenvalue weighted by Gasteiger charge is -2.33.